The highest BCUT2D eigenvalue weighted by Crippen LogP contribution is 2.35. The number of fused-ring (bicyclic) bond motifs is 2. The van der Waals surface area contributed by atoms with E-state index in [2.05, 4.69) is 35.4 Å². The number of nitrogens with one attached hydrogen (secondary N) is 2. The lowest BCUT2D eigenvalue weighted by atomic mass is 10.0. The molecule has 3 fully saturated rings. The number of nitrogens with zero attached hydrogens (tertiary/aromatic N) is 9. The number of piperazine rings is 1. The number of carbonyl (C=O) groups excluding carboxylic acids is 4. The number of hydrogen-bond donors (Lipinski definition) is 3. The first-order chi connectivity index (χ1) is 40.2. The first kappa shape index (κ1) is 59.0. The van der Waals surface area contributed by atoms with Crippen LogP contribution in [0, 0.1) is 19.8 Å². The van der Waals surface area contributed by atoms with Crippen LogP contribution < -0.4 is 25.8 Å². The topological polar surface area (TPSA) is 236 Å². The third-order valence-electron chi connectivity index (χ3n) is 16.2. The van der Waals surface area contributed by atoms with Crippen molar-refractivity contribution in [2.45, 2.75) is 104 Å². The molecule has 3 N–H and O–H groups in total. The third-order valence-corrected chi connectivity index (χ3v) is 17.2. The van der Waals surface area contributed by atoms with E-state index < -0.39 is 24.1 Å². The SMILES string of the molecule is CC(=O)c1c(C)c2cnc(Nc3ccc(N4CCN(CCOCCOCCOCCOc5cc(-c6scnc6C)ccc5CNC(=O)[C@@H]5C[C@@H](O)CN5C(=O)[C@H](C(C)C)N5Cc6ccccc6C5=O)CC4)cn3)nc2n(C2CCCC2)c1=O. The van der Waals surface area contributed by atoms with E-state index in [4.69, 9.17) is 23.9 Å². The molecule has 21 nitrogen and oxygen atoms in total. The van der Waals surface area contributed by atoms with E-state index >= 15 is 0 Å². The Morgan fingerprint density at radius 2 is 1.59 bits per heavy atom. The van der Waals surface area contributed by atoms with Gasteiger partial charge < -0.3 is 49.4 Å². The number of likely N-dealkylation sites (tertiary alicyclic amines) is 1. The number of amides is 3. The molecule has 7 heterocycles. The predicted molar refractivity (Wildman–Crippen MR) is 315 cm³/mol. The molecular formula is C61H75N11O10S. The van der Waals surface area contributed by atoms with Gasteiger partial charge in [-0.25, -0.2) is 15.0 Å². The van der Waals surface area contributed by atoms with Gasteiger partial charge in [0.2, 0.25) is 17.8 Å². The molecule has 3 atom stereocenters. The molecule has 3 amide bonds. The van der Waals surface area contributed by atoms with E-state index in [1.165, 1.54) is 23.2 Å². The number of ether oxygens (including phenoxy) is 4. The summed E-state index contributed by atoms with van der Waals surface area (Å²) in [4.78, 5) is 95.0. The highest BCUT2D eigenvalue weighted by molar-refractivity contribution is 7.13. The lowest BCUT2D eigenvalue weighted by Gasteiger charge is -2.35. The number of rotatable bonds is 25. The molecule has 2 aromatic carbocycles. The fourth-order valence-corrected chi connectivity index (χ4v) is 12.7. The Bertz CT molecular complexity index is 3340. The summed E-state index contributed by atoms with van der Waals surface area (Å²) in [5, 5.41) is 17.7. The van der Waals surface area contributed by atoms with Crippen molar-refractivity contribution in [1.82, 2.24) is 44.5 Å². The summed E-state index contributed by atoms with van der Waals surface area (Å²) in [7, 11) is 0. The molecule has 440 valence electrons. The molecule has 1 saturated carbocycles. The third kappa shape index (κ3) is 13.6. The summed E-state index contributed by atoms with van der Waals surface area (Å²) in [6.07, 6.45) is 6.55. The molecule has 0 unspecified atom stereocenters. The van der Waals surface area contributed by atoms with Crippen LogP contribution in [-0.2, 0) is 36.9 Å². The standard InChI is InChI=1S/C61H75N11O10S/c1-38(2)54(71-35-44-10-6-9-13-48(44)58(71)76)60(78)70-36-47(74)31-50(70)57(75)63-32-43-15-14-42(55-40(4)65-37-83-55)30-51(43)82-29-28-81-27-26-80-25-24-79-23-22-68-18-20-69(21-19-68)46-16-17-52(62-33-46)66-61-64-34-49-39(3)53(41(5)73)59(77)72(56(49)67-61)45-11-7-8-12-45/h6,9-10,13-17,30,33-34,37-38,45,47,50,54,74H,7-8,11-12,18-29,31-32,35-36H2,1-5H3,(H,63,75)(H,62,64,66,67)/t47-,50+,54+/m1/s1. The molecule has 2 saturated heterocycles. The summed E-state index contributed by atoms with van der Waals surface area (Å²) in [6, 6.07) is 15.4. The van der Waals surface area contributed by atoms with E-state index in [0.717, 1.165) is 91.4 Å². The number of aryl methyl sites for hydroxylation is 2. The van der Waals surface area contributed by atoms with Crippen LogP contribution in [0.15, 0.2) is 77.3 Å². The lowest BCUT2D eigenvalue weighted by Crippen LogP contribution is -2.55. The number of aromatic nitrogens is 5. The van der Waals surface area contributed by atoms with Crippen LogP contribution >= 0.6 is 11.3 Å². The minimum absolute atomic E-state index is 0.000495. The van der Waals surface area contributed by atoms with Crippen molar-refractivity contribution >= 4 is 63.3 Å². The average molecular weight is 1150 g/mol. The van der Waals surface area contributed by atoms with Gasteiger partial charge >= 0.3 is 0 Å². The minimum atomic E-state index is -0.914. The summed E-state index contributed by atoms with van der Waals surface area (Å²) < 4.78 is 25.5. The second-order valence-electron chi connectivity index (χ2n) is 22.1. The largest absolute Gasteiger partial charge is 0.491 e. The van der Waals surface area contributed by atoms with Gasteiger partial charge in [0.05, 0.1) is 79.3 Å². The molecule has 0 spiro atoms. The van der Waals surface area contributed by atoms with Crippen molar-refractivity contribution in [2.24, 2.45) is 5.92 Å². The van der Waals surface area contributed by atoms with E-state index in [0.29, 0.717) is 85.9 Å². The monoisotopic (exact) mass is 1150 g/mol. The summed E-state index contributed by atoms with van der Waals surface area (Å²) in [5.74, 6) is 0.0520. The van der Waals surface area contributed by atoms with Gasteiger partial charge in [-0.3, -0.25) is 33.4 Å². The van der Waals surface area contributed by atoms with Crippen LogP contribution in [0.1, 0.15) is 102 Å². The maximum absolute atomic E-state index is 14.3. The quantitative estimate of drug-likeness (QED) is 0.0410. The lowest BCUT2D eigenvalue weighted by molar-refractivity contribution is -0.143. The Hall–Kier alpha value is -7.21. The zero-order chi connectivity index (χ0) is 58.1. The Morgan fingerprint density at radius 1 is 0.855 bits per heavy atom. The van der Waals surface area contributed by atoms with Crippen LogP contribution in [0.25, 0.3) is 21.5 Å². The van der Waals surface area contributed by atoms with Gasteiger partial charge in [0, 0.05) is 87.5 Å². The highest BCUT2D eigenvalue weighted by atomic mass is 32.1. The Kier molecular flexibility index (Phi) is 19.2. The first-order valence-corrected chi connectivity index (χ1v) is 29.8. The van der Waals surface area contributed by atoms with Gasteiger partial charge in [0.15, 0.2) is 5.78 Å². The smallest absolute Gasteiger partial charge is 0.263 e. The number of anilines is 3. The normalized spacial score (nSPS) is 17.9. The Morgan fingerprint density at radius 3 is 2.28 bits per heavy atom. The second-order valence-corrected chi connectivity index (χ2v) is 23.0. The van der Waals surface area contributed by atoms with Crippen molar-refractivity contribution in [1.29, 1.82) is 0 Å². The fraction of sp³-hybridized carbons (Fsp3) is 0.492. The number of benzene rings is 2. The van der Waals surface area contributed by atoms with Gasteiger partial charge in [-0.05, 0) is 80.5 Å². The fourth-order valence-electron chi connectivity index (χ4n) is 11.9. The maximum Gasteiger partial charge on any atom is 0.263 e. The summed E-state index contributed by atoms with van der Waals surface area (Å²) in [5.41, 5.74) is 7.89. The number of thiazole rings is 1. The molecule has 3 aliphatic heterocycles. The molecular weight excluding hydrogens is 1080 g/mol. The van der Waals surface area contributed by atoms with Crippen molar-refractivity contribution in [3.05, 3.63) is 116 Å². The van der Waals surface area contributed by atoms with Crippen LogP contribution in [0.5, 0.6) is 5.75 Å². The average Bonchev–Trinajstić information content (AvgIpc) is 4.12. The minimum Gasteiger partial charge on any atom is -0.491 e. The number of hydrogen-bond acceptors (Lipinski definition) is 18. The molecule has 4 aliphatic rings. The number of aliphatic hydroxyl groups excluding tert-OH is 1. The molecule has 0 bridgehead atoms. The van der Waals surface area contributed by atoms with E-state index in [1.807, 2.05) is 75.5 Å². The molecule has 6 aromatic rings. The molecule has 1 aliphatic carbocycles. The number of Topliss-reactive ketones (excluding diaryl/α,β-unsaturated/α-hetero) is 1. The number of pyridine rings is 2. The highest BCUT2D eigenvalue weighted by Gasteiger charge is 2.46. The van der Waals surface area contributed by atoms with Gasteiger partial charge in [0.25, 0.3) is 11.5 Å². The van der Waals surface area contributed by atoms with Crippen LogP contribution in [0.2, 0.25) is 0 Å². The number of aliphatic hydroxyl groups is 1. The summed E-state index contributed by atoms with van der Waals surface area (Å²) in [6.45, 7) is 16.5. The zero-order valence-electron chi connectivity index (χ0n) is 48.0. The number of carbonyl (C=O) groups is 4. The Balaban J connectivity index is 0.620. The molecule has 83 heavy (non-hydrogen) atoms. The first-order valence-electron chi connectivity index (χ1n) is 28.9. The van der Waals surface area contributed by atoms with Crippen molar-refractivity contribution in [3.8, 4) is 16.2 Å². The zero-order valence-corrected chi connectivity index (χ0v) is 48.8. The molecule has 22 heteroatoms. The second kappa shape index (κ2) is 27.0. The van der Waals surface area contributed by atoms with Gasteiger partial charge in [-0.1, -0.05) is 57.0 Å². The maximum atomic E-state index is 14.3. The molecule has 0 radical (unpaired) electrons. The van der Waals surface area contributed by atoms with Crippen LogP contribution in [-0.4, -0.2) is 172 Å². The van der Waals surface area contributed by atoms with Crippen molar-refractivity contribution < 1.29 is 43.2 Å². The van der Waals surface area contributed by atoms with E-state index in [1.54, 1.807) is 34.2 Å². The van der Waals surface area contributed by atoms with Crippen LogP contribution in [0.3, 0.4) is 0 Å². The van der Waals surface area contributed by atoms with Crippen molar-refractivity contribution in [3.63, 3.8) is 0 Å². The van der Waals surface area contributed by atoms with E-state index in [9.17, 15) is 29.1 Å². The van der Waals surface area contributed by atoms with E-state index in [-0.39, 0.29) is 66.8 Å². The predicted octanol–water partition coefficient (Wildman–Crippen LogP) is 6.50. The molecule has 10 rings (SSSR count). The van der Waals surface area contributed by atoms with Gasteiger partial charge in [0.1, 0.15) is 35.9 Å². The van der Waals surface area contributed by atoms with Crippen LogP contribution in [0.4, 0.5) is 17.5 Å². The molecule has 4 aromatic heterocycles. The van der Waals surface area contributed by atoms with Gasteiger partial charge in [-0.2, -0.15) is 4.98 Å². The Labute approximate surface area is 487 Å². The number of β-amino-alcohol motifs (C(OH)–C–C–N with tert-alkyl or cyclic N) is 1. The van der Waals surface area contributed by atoms with Gasteiger partial charge in [-0.15, -0.1) is 11.3 Å². The van der Waals surface area contributed by atoms with Crippen molar-refractivity contribution in [2.75, 3.05) is 95.7 Å². The summed E-state index contributed by atoms with van der Waals surface area (Å²) >= 11 is 1.53. The number of ketones is 1.